The molecule has 57 valence electrons. The number of carbonyl (C=O) groups is 1. The summed E-state index contributed by atoms with van der Waals surface area (Å²) in [6, 6.07) is 2.59. The van der Waals surface area contributed by atoms with Crippen molar-refractivity contribution in [1.29, 1.82) is 0 Å². The van der Waals surface area contributed by atoms with Crippen LogP contribution in [0.3, 0.4) is 0 Å². The van der Waals surface area contributed by atoms with Gasteiger partial charge in [0.15, 0.2) is 0 Å². The van der Waals surface area contributed by atoms with Crippen LogP contribution >= 0.6 is 11.6 Å². The second-order valence-electron chi connectivity index (χ2n) is 1.79. The topological polar surface area (TPSA) is 39.2 Å². The molecule has 0 aromatic carbocycles. The Kier molecular flexibility index (Phi) is 2.44. The molecule has 4 heteroatoms. The Morgan fingerprint density at radius 2 is 2.45 bits per heavy atom. The van der Waals surface area contributed by atoms with Gasteiger partial charge in [-0.1, -0.05) is 11.6 Å². The van der Waals surface area contributed by atoms with E-state index in [1.54, 1.807) is 0 Å². The molecule has 11 heavy (non-hydrogen) atoms. The van der Waals surface area contributed by atoms with E-state index < -0.39 is 5.97 Å². The number of pyridine rings is 1. The zero-order valence-electron chi connectivity index (χ0n) is 5.80. The number of nitrogens with zero attached hydrogens (tertiary/aromatic N) is 1. The molecule has 1 aromatic rings. The van der Waals surface area contributed by atoms with Gasteiger partial charge in [-0.05, 0) is 0 Å². The van der Waals surface area contributed by atoms with Gasteiger partial charge in [-0.25, -0.2) is 4.79 Å². The summed E-state index contributed by atoms with van der Waals surface area (Å²) < 4.78 is 4.42. The number of rotatable bonds is 1. The predicted molar refractivity (Wildman–Crippen MR) is 39.4 cm³/mol. The number of hydrogen-bond acceptors (Lipinski definition) is 3. The maximum absolute atomic E-state index is 10.8. The van der Waals surface area contributed by atoms with Crippen molar-refractivity contribution in [3.8, 4) is 0 Å². The molecule has 0 amide bonds. The summed E-state index contributed by atoms with van der Waals surface area (Å²) in [6.45, 7) is 0. The Morgan fingerprint density at radius 3 is 3.00 bits per heavy atom. The molecule has 1 heterocycles. The molecule has 0 bridgehead atoms. The number of ether oxygens (including phenoxy) is 1. The molecule has 1 radical (unpaired) electrons. The Hall–Kier alpha value is -1.09. The molecule has 0 unspecified atom stereocenters. The van der Waals surface area contributed by atoms with E-state index in [-0.39, 0.29) is 5.56 Å². The van der Waals surface area contributed by atoms with Crippen molar-refractivity contribution in [2.24, 2.45) is 0 Å². The van der Waals surface area contributed by atoms with Crippen LogP contribution in [0.5, 0.6) is 0 Å². The number of methoxy groups -OCH3 is 1. The van der Waals surface area contributed by atoms with Gasteiger partial charge >= 0.3 is 5.97 Å². The minimum Gasteiger partial charge on any atom is -0.465 e. The first-order chi connectivity index (χ1) is 5.24. The third-order valence-corrected chi connectivity index (χ3v) is 1.24. The van der Waals surface area contributed by atoms with Gasteiger partial charge in [0.25, 0.3) is 0 Å². The van der Waals surface area contributed by atoms with Gasteiger partial charge in [0.05, 0.1) is 17.7 Å². The predicted octanol–water partition coefficient (Wildman–Crippen LogP) is 1.32. The molecule has 0 aliphatic carbocycles. The smallest absolute Gasteiger partial charge is 0.340 e. The fraction of sp³-hybridized carbons (Fsp3) is 0.143. The molecule has 0 spiro atoms. The Morgan fingerprint density at radius 1 is 1.73 bits per heavy atom. The van der Waals surface area contributed by atoms with Gasteiger partial charge in [0, 0.05) is 18.5 Å². The second kappa shape index (κ2) is 3.34. The third-order valence-electron chi connectivity index (χ3n) is 1.05. The summed E-state index contributed by atoms with van der Waals surface area (Å²) in [4.78, 5) is 14.5. The highest BCUT2D eigenvalue weighted by atomic mass is 35.5. The lowest BCUT2D eigenvalue weighted by molar-refractivity contribution is 0.0600. The van der Waals surface area contributed by atoms with Crippen LogP contribution in [-0.2, 0) is 4.74 Å². The van der Waals surface area contributed by atoms with Crippen LogP contribution in [0.1, 0.15) is 10.4 Å². The average Bonchev–Trinajstić information content (AvgIpc) is 2.03. The summed E-state index contributed by atoms with van der Waals surface area (Å²) in [5.41, 5.74) is 0.236. The molecule has 1 rings (SSSR count). The molecular formula is C7H5ClNO2. The molecule has 0 aliphatic rings. The summed E-state index contributed by atoms with van der Waals surface area (Å²) in [7, 11) is 1.29. The molecule has 0 aliphatic heterocycles. The minimum atomic E-state index is -0.486. The maximum atomic E-state index is 10.8. The van der Waals surface area contributed by atoms with E-state index in [0.29, 0.717) is 5.02 Å². The van der Waals surface area contributed by atoms with E-state index in [9.17, 15) is 4.79 Å². The van der Waals surface area contributed by atoms with Crippen LogP contribution in [0.2, 0.25) is 5.02 Å². The van der Waals surface area contributed by atoms with Gasteiger partial charge in [-0.3, -0.25) is 4.98 Å². The molecule has 0 N–H and O–H groups in total. The maximum Gasteiger partial charge on any atom is 0.340 e. The molecule has 0 atom stereocenters. The van der Waals surface area contributed by atoms with E-state index in [4.69, 9.17) is 11.6 Å². The van der Waals surface area contributed by atoms with Gasteiger partial charge in [-0.15, -0.1) is 0 Å². The summed E-state index contributed by atoms with van der Waals surface area (Å²) in [5, 5.41) is 0.299. The number of carbonyl (C=O) groups excluding carboxylic acids is 1. The molecule has 0 fully saturated rings. The van der Waals surface area contributed by atoms with Crippen LogP contribution in [0, 0.1) is 6.07 Å². The quantitative estimate of drug-likeness (QED) is 0.597. The van der Waals surface area contributed by atoms with Crippen molar-refractivity contribution in [1.82, 2.24) is 4.98 Å². The molecule has 0 saturated carbocycles. The fourth-order valence-electron chi connectivity index (χ4n) is 0.584. The Balaban J connectivity index is 2.96. The third kappa shape index (κ3) is 1.91. The van der Waals surface area contributed by atoms with Crippen molar-refractivity contribution in [2.45, 2.75) is 0 Å². The SMILES string of the molecule is COC(=O)c1[c]c(Cl)cnc1. The second-order valence-corrected chi connectivity index (χ2v) is 2.19. The minimum absolute atomic E-state index is 0.236. The first kappa shape index (κ1) is 8.01. The Bertz CT molecular complexity index is 275. The lowest BCUT2D eigenvalue weighted by Crippen LogP contribution is -2.01. The van der Waals surface area contributed by atoms with E-state index in [1.807, 2.05) is 0 Å². The number of hydrogen-bond donors (Lipinski definition) is 0. The largest absolute Gasteiger partial charge is 0.465 e. The van der Waals surface area contributed by atoms with Crippen LogP contribution in [0.25, 0.3) is 0 Å². The highest BCUT2D eigenvalue weighted by Gasteiger charge is 2.05. The summed E-state index contributed by atoms with van der Waals surface area (Å²) in [5.74, 6) is -0.486. The normalized spacial score (nSPS) is 9.27. The molecule has 1 aromatic heterocycles. The van der Waals surface area contributed by atoms with Crippen LogP contribution in [-0.4, -0.2) is 18.1 Å². The number of esters is 1. The van der Waals surface area contributed by atoms with Crippen LogP contribution < -0.4 is 0 Å². The van der Waals surface area contributed by atoms with Crippen molar-refractivity contribution < 1.29 is 9.53 Å². The first-order valence-electron chi connectivity index (χ1n) is 2.85. The Labute approximate surface area is 69.0 Å². The molecule has 3 nitrogen and oxygen atoms in total. The van der Waals surface area contributed by atoms with E-state index in [1.165, 1.54) is 19.5 Å². The van der Waals surface area contributed by atoms with E-state index in [0.717, 1.165) is 0 Å². The number of aromatic nitrogens is 1. The molecule has 0 saturated heterocycles. The van der Waals surface area contributed by atoms with Crippen molar-refractivity contribution in [3.05, 3.63) is 29.0 Å². The average molecular weight is 171 g/mol. The van der Waals surface area contributed by atoms with Gasteiger partial charge in [-0.2, -0.15) is 0 Å². The highest BCUT2D eigenvalue weighted by Crippen LogP contribution is 2.07. The van der Waals surface area contributed by atoms with E-state index >= 15 is 0 Å². The monoisotopic (exact) mass is 170 g/mol. The zero-order chi connectivity index (χ0) is 8.27. The van der Waals surface area contributed by atoms with Crippen molar-refractivity contribution in [2.75, 3.05) is 7.11 Å². The number of halogens is 1. The van der Waals surface area contributed by atoms with Gasteiger partial charge < -0.3 is 4.74 Å². The summed E-state index contributed by atoms with van der Waals surface area (Å²) >= 11 is 5.52. The lowest BCUT2D eigenvalue weighted by atomic mass is 10.3. The molecular weight excluding hydrogens is 166 g/mol. The van der Waals surface area contributed by atoms with Crippen LogP contribution in [0.4, 0.5) is 0 Å². The van der Waals surface area contributed by atoms with Gasteiger partial charge in [0.1, 0.15) is 0 Å². The van der Waals surface area contributed by atoms with Crippen molar-refractivity contribution in [3.63, 3.8) is 0 Å². The van der Waals surface area contributed by atoms with Gasteiger partial charge in [0.2, 0.25) is 0 Å². The lowest BCUT2D eigenvalue weighted by Gasteiger charge is -1.96. The highest BCUT2D eigenvalue weighted by molar-refractivity contribution is 6.30. The summed E-state index contributed by atoms with van der Waals surface area (Å²) in [6.07, 6.45) is 2.74. The standard InChI is InChI=1S/C7H5ClNO2/c1-11-7(10)5-2-6(8)4-9-3-5/h3-4H,1H3. The van der Waals surface area contributed by atoms with E-state index in [2.05, 4.69) is 15.8 Å². The van der Waals surface area contributed by atoms with Crippen LogP contribution in [0.15, 0.2) is 12.4 Å². The first-order valence-corrected chi connectivity index (χ1v) is 3.23. The zero-order valence-corrected chi connectivity index (χ0v) is 6.55. The van der Waals surface area contributed by atoms with Crippen molar-refractivity contribution >= 4 is 17.6 Å². The fourth-order valence-corrected chi connectivity index (χ4v) is 0.742.